The zero-order valence-electron chi connectivity index (χ0n) is 5.50. The van der Waals surface area contributed by atoms with Crippen LogP contribution in [0.2, 0.25) is 0 Å². The van der Waals surface area contributed by atoms with Crippen LogP contribution in [0, 0.1) is 0 Å². The van der Waals surface area contributed by atoms with E-state index in [0.29, 0.717) is 0 Å². The van der Waals surface area contributed by atoms with Crippen molar-refractivity contribution in [2.24, 2.45) is 5.73 Å². The molecular formula is C5H12BrNO2. The Morgan fingerprint density at radius 3 is 1.56 bits per heavy atom. The predicted molar refractivity (Wildman–Crippen MR) is 39.2 cm³/mol. The van der Waals surface area contributed by atoms with Crippen molar-refractivity contribution in [3.8, 4) is 0 Å². The van der Waals surface area contributed by atoms with Crippen molar-refractivity contribution >= 4 is 15.9 Å². The maximum Gasteiger partial charge on any atom is 0.123 e. The summed E-state index contributed by atoms with van der Waals surface area (Å²) in [6.45, 7) is 3.03. The maximum absolute atomic E-state index is 8.92. The van der Waals surface area contributed by atoms with Gasteiger partial charge in [-0.3, -0.25) is 0 Å². The van der Waals surface area contributed by atoms with Gasteiger partial charge in [0.2, 0.25) is 0 Å². The zero-order chi connectivity index (χ0) is 7.65. The largest absolute Gasteiger partial charge is 0.390 e. The fourth-order valence-corrected chi connectivity index (χ4v) is 0.349. The molecule has 56 valence electrons. The van der Waals surface area contributed by atoms with Crippen LogP contribution >= 0.6 is 15.9 Å². The summed E-state index contributed by atoms with van der Waals surface area (Å²) in [6, 6.07) is 0. The minimum atomic E-state index is -1.08. The molecule has 0 aliphatic rings. The summed E-state index contributed by atoms with van der Waals surface area (Å²) in [4.78, 5) is 0. The van der Waals surface area contributed by atoms with Crippen LogP contribution in [-0.2, 0) is 0 Å². The summed E-state index contributed by atoms with van der Waals surface area (Å²) in [5.41, 5.74) is 5.42. The summed E-state index contributed by atoms with van der Waals surface area (Å²) in [5, 5.41) is 17.8. The lowest BCUT2D eigenvalue weighted by atomic mass is 10.1. The highest BCUT2D eigenvalue weighted by atomic mass is 79.9. The van der Waals surface area contributed by atoms with Gasteiger partial charge in [-0.2, -0.15) is 0 Å². The first-order valence-electron chi connectivity index (χ1n) is 2.73. The van der Waals surface area contributed by atoms with Gasteiger partial charge in [0.05, 0.1) is 12.2 Å². The van der Waals surface area contributed by atoms with E-state index in [-0.39, 0.29) is 0 Å². The van der Waals surface area contributed by atoms with Gasteiger partial charge in [0.15, 0.2) is 0 Å². The molecule has 0 rings (SSSR count). The standard InChI is InChI=1S/C5H12BrNO2/c1-3(8)5(6,7)4(2)9/h3-4,8-9H,7H2,1-2H3. The van der Waals surface area contributed by atoms with Crippen LogP contribution < -0.4 is 5.73 Å². The molecule has 0 saturated heterocycles. The molecule has 0 aromatic rings. The van der Waals surface area contributed by atoms with Crippen molar-refractivity contribution in [3.05, 3.63) is 0 Å². The lowest BCUT2D eigenvalue weighted by Gasteiger charge is -2.28. The fraction of sp³-hybridized carbons (Fsp3) is 1.00. The molecule has 0 fully saturated rings. The number of rotatable bonds is 2. The normalized spacial score (nSPS) is 24.7. The molecule has 2 unspecified atom stereocenters. The second-order valence-corrected chi connectivity index (χ2v) is 3.55. The Kier molecular flexibility index (Phi) is 3.08. The van der Waals surface area contributed by atoms with Gasteiger partial charge >= 0.3 is 0 Å². The number of hydrogen-bond acceptors (Lipinski definition) is 3. The van der Waals surface area contributed by atoms with Crippen LogP contribution in [-0.4, -0.2) is 26.9 Å². The number of alkyl halides is 1. The van der Waals surface area contributed by atoms with Crippen LogP contribution in [0.3, 0.4) is 0 Å². The van der Waals surface area contributed by atoms with E-state index in [2.05, 4.69) is 15.9 Å². The SMILES string of the molecule is CC(O)C(N)(Br)C(C)O. The van der Waals surface area contributed by atoms with Crippen molar-refractivity contribution in [2.45, 2.75) is 30.5 Å². The van der Waals surface area contributed by atoms with Crippen LogP contribution in [0.4, 0.5) is 0 Å². The number of aliphatic hydroxyl groups excluding tert-OH is 2. The molecule has 0 heterocycles. The summed E-state index contributed by atoms with van der Waals surface area (Å²) >= 11 is 2.99. The lowest BCUT2D eigenvalue weighted by molar-refractivity contribution is 0.0618. The number of aliphatic hydroxyl groups is 2. The third-order valence-electron chi connectivity index (χ3n) is 1.28. The van der Waals surface area contributed by atoms with Crippen molar-refractivity contribution in [1.82, 2.24) is 0 Å². The molecule has 3 nitrogen and oxygen atoms in total. The molecule has 0 bridgehead atoms. The van der Waals surface area contributed by atoms with Gasteiger partial charge in [-0.1, -0.05) is 15.9 Å². The Balaban J connectivity index is 4.01. The maximum atomic E-state index is 8.92. The summed E-state index contributed by atoms with van der Waals surface area (Å²) in [5.74, 6) is 0. The molecule has 4 heteroatoms. The van der Waals surface area contributed by atoms with Crippen LogP contribution in [0.25, 0.3) is 0 Å². The third kappa shape index (κ3) is 2.21. The quantitative estimate of drug-likeness (QED) is 0.425. The second kappa shape index (κ2) is 2.96. The molecule has 0 spiro atoms. The molecule has 9 heavy (non-hydrogen) atoms. The van der Waals surface area contributed by atoms with E-state index in [1.54, 1.807) is 0 Å². The monoisotopic (exact) mass is 197 g/mol. The second-order valence-electron chi connectivity index (χ2n) is 2.18. The molecule has 0 aromatic heterocycles. The Labute approximate surface area is 63.0 Å². The van der Waals surface area contributed by atoms with Gasteiger partial charge < -0.3 is 15.9 Å². The van der Waals surface area contributed by atoms with Crippen LogP contribution in [0.5, 0.6) is 0 Å². The predicted octanol–water partition coefficient (Wildman–Crippen LogP) is -0.202. The third-order valence-corrected chi connectivity index (χ3v) is 2.61. The van der Waals surface area contributed by atoms with Gasteiger partial charge in [0.25, 0.3) is 0 Å². The molecule has 4 N–H and O–H groups in total. The van der Waals surface area contributed by atoms with Crippen molar-refractivity contribution < 1.29 is 10.2 Å². The zero-order valence-corrected chi connectivity index (χ0v) is 7.09. The first-order chi connectivity index (χ1) is 3.89. The van der Waals surface area contributed by atoms with Crippen molar-refractivity contribution in [3.63, 3.8) is 0 Å². The highest BCUT2D eigenvalue weighted by Crippen LogP contribution is 2.19. The van der Waals surface area contributed by atoms with Gasteiger partial charge in [-0.15, -0.1) is 0 Å². The van der Waals surface area contributed by atoms with Crippen LogP contribution in [0.1, 0.15) is 13.8 Å². The van der Waals surface area contributed by atoms with E-state index >= 15 is 0 Å². The first kappa shape index (κ1) is 9.36. The molecular weight excluding hydrogens is 186 g/mol. The molecule has 0 amide bonds. The molecule has 0 radical (unpaired) electrons. The summed E-state index contributed by atoms with van der Waals surface area (Å²) in [6.07, 6.45) is -1.53. The Bertz CT molecular complexity index is 83.0. The van der Waals surface area contributed by atoms with Crippen molar-refractivity contribution in [1.29, 1.82) is 0 Å². The van der Waals surface area contributed by atoms with E-state index in [9.17, 15) is 0 Å². The Hall–Kier alpha value is 0.360. The highest BCUT2D eigenvalue weighted by Gasteiger charge is 2.32. The molecule has 2 atom stereocenters. The van der Waals surface area contributed by atoms with E-state index in [0.717, 1.165) is 0 Å². The lowest BCUT2D eigenvalue weighted by Crippen LogP contribution is -2.51. The molecule has 0 aliphatic carbocycles. The fourth-order valence-electron chi connectivity index (χ4n) is 0.349. The van der Waals surface area contributed by atoms with Crippen LogP contribution in [0.15, 0.2) is 0 Å². The van der Waals surface area contributed by atoms with Gasteiger partial charge in [-0.05, 0) is 13.8 Å². The first-order valence-corrected chi connectivity index (χ1v) is 3.52. The molecule has 0 saturated carbocycles. The van der Waals surface area contributed by atoms with E-state index < -0.39 is 16.7 Å². The smallest absolute Gasteiger partial charge is 0.123 e. The van der Waals surface area contributed by atoms with Crippen molar-refractivity contribution in [2.75, 3.05) is 0 Å². The number of halogens is 1. The average Bonchev–Trinajstić information content (AvgIpc) is 1.65. The molecule has 0 aliphatic heterocycles. The summed E-state index contributed by atoms with van der Waals surface area (Å²) in [7, 11) is 0. The van der Waals surface area contributed by atoms with E-state index in [1.807, 2.05) is 0 Å². The summed E-state index contributed by atoms with van der Waals surface area (Å²) < 4.78 is -1.08. The molecule has 0 aromatic carbocycles. The van der Waals surface area contributed by atoms with Gasteiger partial charge in [-0.25, -0.2) is 0 Å². The number of nitrogens with two attached hydrogens (primary N) is 1. The minimum Gasteiger partial charge on any atom is -0.390 e. The van der Waals surface area contributed by atoms with E-state index in [1.165, 1.54) is 13.8 Å². The van der Waals surface area contributed by atoms with Gasteiger partial charge in [0.1, 0.15) is 4.45 Å². The minimum absolute atomic E-state index is 0.766. The number of hydrogen-bond donors (Lipinski definition) is 3. The van der Waals surface area contributed by atoms with E-state index in [4.69, 9.17) is 15.9 Å². The Morgan fingerprint density at radius 1 is 1.33 bits per heavy atom. The average molecular weight is 198 g/mol. The highest BCUT2D eigenvalue weighted by molar-refractivity contribution is 9.10. The van der Waals surface area contributed by atoms with Gasteiger partial charge in [0, 0.05) is 0 Å². The Morgan fingerprint density at radius 2 is 1.56 bits per heavy atom. The topological polar surface area (TPSA) is 66.5 Å².